The fraction of sp³-hybridized carbons (Fsp3) is 0.154. The molecule has 0 radical (unpaired) electrons. The van der Waals surface area contributed by atoms with Crippen LogP contribution in [0.1, 0.15) is 22.3 Å². The molecular weight excluding hydrogens is 424 g/mol. The summed E-state index contributed by atoms with van der Waals surface area (Å²) in [6, 6.07) is 18.3. The van der Waals surface area contributed by atoms with Crippen LogP contribution in [-0.2, 0) is 9.59 Å². The SMILES string of the molecule is COc1ccc(C)cc1NC1=C(c2ccc(C)cc2)C(=O)N(c2ccc(C)c(Cl)c2)C1=O. The van der Waals surface area contributed by atoms with E-state index in [1.165, 1.54) is 0 Å². The molecule has 4 rings (SSSR count). The molecule has 0 saturated carbocycles. The van der Waals surface area contributed by atoms with Gasteiger partial charge in [-0.15, -0.1) is 0 Å². The first kappa shape index (κ1) is 21.7. The average molecular weight is 447 g/mol. The van der Waals surface area contributed by atoms with Crippen LogP contribution in [0.4, 0.5) is 11.4 Å². The second-order valence-corrected chi connectivity index (χ2v) is 8.23. The molecule has 6 heteroatoms. The monoisotopic (exact) mass is 446 g/mol. The fourth-order valence-electron chi connectivity index (χ4n) is 3.64. The molecule has 0 spiro atoms. The molecular formula is C26H23ClN2O3. The van der Waals surface area contributed by atoms with Gasteiger partial charge >= 0.3 is 0 Å². The van der Waals surface area contributed by atoms with E-state index in [0.29, 0.717) is 33.3 Å². The lowest BCUT2D eigenvalue weighted by atomic mass is 10.0. The first-order valence-electron chi connectivity index (χ1n) is 10.2. The minimum atomic E-state index is -0.450. The molecule has 0 aromatic heterocycles. The largest absolute Gasteiger partial charge is 0.495 e. The summed E-state index contributed by atoms with van der Waals surface area (Å²) < 4.78 is 5.46. The van der Waals surface area contributed by atoms with Crippen LogP contribution in [0.15, 0.2) is 66.4 Å². The van der Waals surface area contributed by atoms with Crippen molar-refractivity contribution >= 4 is 40.4 Å². The first-order chi connectivity index (χ1) is 15.3. The smallest absolute Gasteiger partial charge is 0.282 e. The quantitative estimate of drug-likeness (QED) is 0.513. The highest BCUT2D eigenvalue weighted by Gasteiger charge is 2.40. The summed E-state index contributed by atoms with van der Waals surface area (Å²) in [6.07, 6.45) is 0. The highest BCUT2D eigenvalue weighted by molar-refractivity contribution is 6.46. The van der Waals surface area contributed by atoms with Crippen LogP contribution in [-0.4, -0.2) is 18.9 Å². The Bertz CT molecular complexity index is 1260. The number of anilines is 2. The summed E-state index contributed by atoms with van der Waals surface area (Å²) in [4.78, 5) is 28.3. The zero-order valence-electron chi connectivity index (χ0n) is 18.3. The van der Waals surface area contributed by atoms with Gasteiger partial charge in [0.15, 0.2) is 0 Å². The number of aryl methyl sites for hydroxylation is 3. The van der Waals surface area contributed by atoms with Gasteiger partial charge in [-0.1, -0.05) is 53.6 Å². The fourth-order valence-corrected chi connectivity index (χ4v) is 3.82. The topological polar surface area (TPSA) is 58.6 Å². The van der Waals surface area contributed by atoms with Gasteiger partial charge in [-0.05, 0) is 61.7 Å². The molecule has 2 amide bonds. The van der Waals surface area contributed by atoms with E-state index in [-0.39, 0.29) is 5.70 Å². The molecule has 1 heterocycles. The maximum absolute atomic E-state index is 13.6. The zero-order chi connectivity index (χ0) is 23.0. The van der Waals surface area contributed by atoms with Gasteiger partial charge < -0.3 is 10.1 Å². The van der Waals surface area contributed by atoms with Crippen LogP contribution in [0.3, 0.4) is 0 Å². The first-order valence-corrected chi connectivity index (χ1v) is 10.6. The molecule has 1 aliphatic heterocycles. The molecule has 0 atom stereocenters. The van der Waals surface area contributed by atoms with Gasteiger partial charge in [-0.3, -0.25) is 9.59 Å². The number of nitrogens with zero attached hydrogens (tertiary/aromatic N) is 1. The molecule has 3 aromatic rings. The maximum Gasteiger partial charge on any atom is 0.282 e. The Hall–Kier alpha value is -3.57. The van der Waals surface area contributed by atoms with Gasteiger partial charge in [0, 0.05) is 5.02 Å². The van der Waals surface area contributed by atoms with Gasteiger partial charge in [0.25, 0.3) is 11.8 Å². The number of methoxy groups -OCH3 is 1. The molecule has 3 aromatic carbocycles. The van der Waals surface area contributed by atoms with Gasteiger partial charge in [0.2, 0.25) is 0 Å². The van der Waals surface area contributed by atoms with Crippen molar-refractivity contribution in [3.8, 4) is 5.75 Å². The Morgan fingerprint density at radius 2 is 1.53 bits per heavy atom. The van der Waals surface area contributed by atoms with Gasteiger partial charge in [0.05, 0.1) is 24.1 Å². The minimum absolute atomic E-state index is 0.194. The van der Waals surface area contributed by atoms with Crippen LogP contribution in [0.5, 0.6) is 5.75 Å². The molecule has 0 fully saturated rings. The van der Waals surface area contributed by atoms with E-state index in [0.717, 1.165) is 21.6 Å². The zero-order valence-corrected chi connectivity index (χ0v) is 19.1. The molecule has 32 heavy (non-hydrogen) atoms. The third-order valence-electron chi connectivity index (χ3n) is 5.45. The van der Waals surface area contributed by atoms with Crippen LogP contribution < -0.4 is 15.0 Å². The summed E-state index contributed by atoms with van der Waals surface area (Å²) in [7, 11) is 1.56. The molecule has 1 aliphatic rings. The number of carbonyl (C=O) groups is 2. The average Bonchev–Trinajstić information content (AvgIpc) is 3.00. The lowest BCUT2D eigenvalue weighted by Crippen LogP contribution is -2.32. The van der Waals surface area contributed by atoms with E-state index in [4.69, 9.17) is 16.3 Å². The number of hydrogen-bond donors (Lipinski definition) is 1. The number of ether oxygens (including phenoxy) is 1. The summed E-state index contributed by atoms with van der Waals surface area (Å²) in [5.74, 6) is -0.287. The van der Waals surface area contributed by atoms with E-state index < -0.39 is 11.8 Å². The number of benzene rings is 3. The molecule has 1 N–H and O–H groups in total. The van der Waals surface area contributed by atoms with E-state index >= 15 is 0 Å². The number of amides is 2. The Labute approximate surface area is 192 Å². The highest BCUT2D eigenvalue weighted by Crippen LogP contribution is 2.37. The van der Waals surface area contributed by atoms with Crippen molar-refractivity contribution in [2.45, 2.75) is 20.8 Å². The number of carbonyl (C=O) groups excluding carboxylic acids is 2. The van der Waals surface area contributed by atoms with Gasteiger partial charge in [0.1, 0.15) is 11.4 Å². The molecule has 0 saturated heterocycles. The van der Waals surface area contributed by atoms with E-state index in [9.17, 15) is 9.59 Å². The Morgan fingerprint density at radius 1 is 0.844 bits per heavy atom. The molecule has 5 nitrogen and oxygen atoms in total. The summed E-state index contributed by atoms with van der Waals surface area (Å²) in [5.41, 5.74) is 5.10. The van der Waals surface area contributed by atoms with Crippen LogP contribution in [0.25, 0.3) is 5.57 Å². The number of nitrogens with one attached hydrogen (secondary N) is 1. The van der Waals surface area contributed by atoms with Crippen molar-refractivity contribution in [1.82, 2.24) is 0 Å². The third kappa shape index (κ3) is 3.87. The van der Waals surface area contributed by atoms with Crippen molar-refractivity contribution < 1.29 is 14.3 Å². The van der Waals surface area contributed by atoms with E-state index in [1.807, 2.05) is 63.2 Å². The van der Waals surface area contributed by atoms with E-state index in [1.54, 1.807) is 25.3 Å². The highest BCUT2D eigenvalue weighted by atomic mass is 35.5. The molecule has 0 unspecified atom stereocenters. The van der Waals surface area contributed by atoms with Crippen molar-refractivity contribution in [3.05, 3.63) is 93.6 Å². The summed E-state index contributed by atoms with van der Waals surface area (Å²) in [6.45, 7) is 5.78. The predicted molar refractivity (Wildman–Crippen MR) is 128 cm³/mol. The normalized spacial score (nSPS) is 13.7. The van der Waals surface area contributed by atoms with Crippen LogP contribution in [0, 0.1) is 20.8 Å². The third-order valence-corrected chi connectivity index (χ3v) is 5.86. The predicted octanol–water partition coefficient (Wildman–Crippen LogP) is 5.67. The van der Waals surface area contributed by atoms with Crippen LogP contribution >= 0.6 is 11.6 Å². The summed E-state index contributed by atoms with van der Waals surface area (Å²) in [5, 5.41) is 3.67. The molecule has 0 bridgehead atoms. The Balaban J connectivity index is 1.86. The van der Waals surface area contributed by atoms with Crippen LogP contribution in [0.2, 0.25) is 5.02 Å². The number of imide groups is 1. The van der Waals surface area contributed by atoms with Crippen molar-refractivity contribution in [3.63, 3.8) is 0 Å². The van der Waals surface area contributed by atoms with Crippen molar-refractivity contribution in [1.29, 1.82) is 0 Å². The molecule has 0 aliphatic carbocycles. The molecule has 162 valence electrons. The Morgan fingerprint density at radius 3 is 2.19 bits per heavy atom. The standard InChI is InChI=1S/C26H23ClN2O3/c1-15-5-9-18(10-6-15)23-24(28-21-13-16(2)7-12-22(21)32-4)26(31)29(25(23)30)19-11-8-17(3)20(27)14-19/h5-14,28H,1-4H3. The summed E-state index contributed by atoms with van der Waals surface area (Å²) >= 11 is 6.29. The number of halogens is 1. The lowest BCUT2D eigenvalue weighted by molar-refractivity contribution is -0.120. The minimum Gasteiger partial charge on any atom is -0.495 e. The second kappa shape index (κ2) is 8.52. The van der Waals surface area contributed by atoms with E-state index in [2.05, 4.69) is 5.32 Å². The van der Waals surface area contributed by atoms with Gasteiger partial charge in [-0.25, -0.2) is 4.90 Å². The van der Waals surface area contributed by atoms with Crippen molar-refractivity contribution in [2.75, 3.05) is 17.3 Å². The maximum atomic E-state index is 13.6. The second-order valence-electron chi connectivity index (χ2n) is 7.82. The number of hydrogen-bond acceptors (Lipinski definition) is 4. The lowest BCUT2D eigenvalue weighted by Gasteiger charge is -2.17. The van der Waals surface area contributed by atoms with Crippen molar-refractivity contribution in [2.24, 2.45) is 0 Å². The number of rotatable bonds is 5. The Kier molecular flexibility index (Phi) is 5.76. The van der Waals surface area contributed by atoms with Gasteiger partial charge in [-0.2, -0.15) is 0 Å².